The standard InChI is InChI=1S/C10H12N2O5/c1-10(2,9(13)14)6-17-7-4-3-5-11-8(7)12(15)16/h3-5H,6H2,1-2H3,(H,13,14). The number of carbonyl (C=O) groups is 1. The number of hydrogen-bond acceptors (Lipinski definition) is 5. The highest BCUT2D eigenvalue weighted by Crippen LogP contribution is 2.25. The number of aromatic nitrogens is 1. The molecule has 0 radical (unpaired) electrons. The number of carboxylic acids is 1. The Bertz CT molecular complexity index is 444. The molecule has 1 aromatic heterocycles. The van der Waals surface area contributed by atoms with Crippen molar-refractivity contribution in [3.8, 4) is 5.75 Å². The van der Waals surface area contributed by atoms with Crippen molar-refractivity contribution in [3.63, 3.8) is 0 Å². The summed E-state index contributed by atoms with van der Waals surface area (Å²) in [5.41, 5.74) is -1.12. The summed E-state index contributed by atoms with van der Waals surface area (Å²) in [7, 11) is 0. The van der Waals surface area contributed by atoms with Crippen LogP contribution >= 0.6 is 0 Å². The van der Waals surface area contributed by atoms with Gasteiger partial charge in [0.2, 0.25) is 5.75 Å². The van der Waals surface area contributed by atoms with Gasteiger partial charge in [0.1, 0.15) is 12.8 Å². The second kappa shape index (κ2) is 4.77. The first-order chi connectivity index (χ1) is 7.84. The van der Waals surface area contributed by atoms with Crippen LogP contribution in [0.1, 0.15) is 13.8 Å². The summed E-state index contributed by atoms with van der Waals surface area (Å²) in [6.07, 6.45) is 1.27. The van der Waals surface area contributed by atoms with E-state index in [1.54, 1.807) is 0 Å². The van der Waals surface area contributed by atoms with Gasteiger partial charge in [-0.2, -0.15) is 0 Å². The molecule has 0 unspecified atom stereocenters. The molecule has 1 N–H and O–H groups in total. The Morgan fingerprint density at radius 3 is 2.82 bits per heavy atom. The summed E-state index contributed by atoms with van der Waals surface area (Å²) >= 11 is 0. The molecular formula is C10H12N2O5. The molecule has 0 atom stereocenters. The highest BCUT2D eigenvalue weighted by molar-refractivity contribution is 5.73. The Kier molecular flexibility index (Phi) is 3.62. The van der Waals surface area contributed by atoms with Gasteiger partial charge in [0.15, 0.2) is 0 Å². The van der Waals surface area contributed by atoms with Gasteiger partial charge in [0.05, 0.1) is 5.41 Å². The SMILES string of the molecule is CC(C)(COc1cccnc1[N+](=O)[O-])C(=O)O. The Morgan fingerprint density at radius 2 is 2.29 bits per heavy atom. The molecule has 0 saturated carbocycles. The van der Waals surface area contributed by atoms with Crippen LogP contribution in [-0.2, 0) is 4.79 Å². The average molecular weight is 240 g/mol. The van der Waals surface area contributed by atoms with Crippen molar-refractivity contribution in [2.75, 3.05) is 6.61 Å². The van der Waals surface area contributed by atoms with Crippen LogP contribution in [0.3, 0.4) is 0 Å². The number of ether oxygens (including phenoxy) is 1. The fourth-order valence-electron chi connectivity index (χ4n) is 0.952. The van der Waals surface area contributed by atoms with Gasteiger partial charge in [0, 0.05) is 0 Å². The maximum atomic E-state index is 10.8. The van der Waals surface area contributed by atoms with Crippen molar-refractivity contribution in [1.29, 1.82) is 0 Å². The fraction of sp³-hybridized carbons (Fsp3) is 0.400. The molecule has 0 bridgehead atoms. The molecule has 0 aliphatic heterocycles. The van der Waals surface area contributed by atoms with Gasteiger partial charge >= 0.3 is 11.8 Å². The van der Waals surface area contributed by atoms with E-state index in [0.717, 1.165) is 0 Å². The molecule has 0 fully saturated rings. The van der Waals surface area contributed by atoms with Gasteiger partial charge in [-0.3, -0.25) is 4.79 Å². The van der Waals surface area contributed by atoms with E-state index < -0.39 is 22.1 Å². The first-order valence-corrected chi connectivity index (χ1v) is 4.80. The number of rotatable bonds is 5. The van der Waals surface area contributed by atoms with Crippen molar-refractivity contribution in [1.82, 2.24) is 4.98 Å². The van der Waals surface area contributed by atoms with E-state index in [1.807, 2.05) is 0 Å². The molecule has 1 aromatic rings. The van der Waals surface area contributed by atoms with E-state index in [9.17, 15) is 14.9 Å². The zero-order chi connectivity index (χ0) is 13.1. The summed E-state index contributed by atoms with van der Waals surface area (Å²) in [5.74, 6) is -1.50. The van der Waals surface area contributed by atoms with Crippen molar-refractivity contribution in [2.24, 2.45) is 5.41 Å². The molecular weight excluding hydrogens is 228 g/mol. The summed E-state index contributed by atoms with van der Waals surface area (Å²) in [6.45, 7) is 2.77. The van der Waals surface area contributed by atoms with Crippen LogP contribution in [0.25, 0.3) is 0 Å². The van der Waals surface area contributed by atoms with E-state index >= 15 is 0 Å². The minimum Gasteiger partial charge on any atom is -0.484 e. The van der Waals surface area contributed by atoms with Gasteiger partial charge < -0.3 is 20.0 Å². The summed E-state index contributed by atoms with van der Waals surface area (Å²) in [6, 6.07) is 2.86. The monoisotopic (exact) mass is 240 g/mol. The summed E-state index contributed by atoms with van der Waals surface area (Å²) in [5, 5.41) is 19.5. The molecule has 1 heterocycles. The van der Waals surface area contributed by atoms with E-state index in [-0.39, 0.29) is 12.4 Å². The molecule has 0 spiro atoms. The van der Waals surface area contributed by atoms with Crippen LogP contribution < -0.4 is 4.74 Å². The Balaban J connectivity index is 2.83. The highest BCUT2D eigenvalue weighted by atomic mass is 16.6. The molecule has 0 saturated heterocycles. The average Bonchev–Trinajstić information content (AvgIpc) is 2.26. The number of nitrogens with zero attached hydrogens (tertiary/aromatic N) is 2. The lowest BCUT2D eigenvalue weighted by Gasteiger charge is -2.18. The zero-order valence-electron chi connectivity index (χ0n) is 9.41. The van der Waals surface area contributed by atoms with Gasteiger partial charge in [-0.25, -0.2) is 0 Å². The zero-order valence-corrected chi connectivity index (χ0v) is 9.41. The van der Waals surface area contributed by atoms with Gasteiger partial charge in [-0.05, 0) is 35.9 Å². The van der Waals surface area contributed by atoms with Crippen LogP contribution in [0.5, 0.6) is 5.75 Å². The molecule has 0 amide bonds. The number of nitro groups is 1. The van der Waals surface area contributed by atoms with Crippen LogP contribution in [-0.4, -0.2) is 27.6 Å². The molecule has 7 nitrogen and oxygen atoms in total. The molecule has 17 heavy (non-hydrogen) atoms. The Hall–Kier alpha value is -2.18. The first-order valence-electron chi connectivity index (χ1n) is 4.80. The predicted octanol–water partition coefficient (Wildman–Crippen LogP) is 1.48. The van der Waals surface area contributed by atoms with E-state index in [0.29, 0.717) is 0 Å². The third kappa shape index (κ3) is 3.13. The number of aliphatic carboxylic acids is 1. The number of carboxylic acid groups (broad SMARTS) is 1. The second-order valence-corrected chi connectivity index (χ2v) is 4.06. The minimum absolute atomic E-state index is 0.0353. The van der Waals surface area contributed by atoms with Gasteiger partial charge in [-0.1, -0.05) is 0 Å². The van der Waals surface area contributed by atoms with E-state index in [2.05, 4.69) is 4.98 Å². The van der Waals surface area contributed by atoms with E-state index in [1.165, 1.54) is 32.2 Å². The molecule has 92 valence electrons. The van der Waals surface area contributed by atoms with Crippen molar-refractivity contribution >= 4 is 11.8 Å². The molecule has 1 rings (SSSR count). The van der Waals surface area contributed by atoms with Crippen molar-refractivity contribution in [3.05, 3.63) is 28.4 Å². The predicted molar refractivity (Wildman–Crippen MR) is 57.8 cm³/mol. The topological polar surface area (TPSA) is 103 Å². The smallest absolute Gasteiger partial charge is 0.406 e. The van der Waals surface area contributed by atoms with Gasteiger partial charge in [0.25, 0.3) is 0 Å². The van der Waals surface area contributed by atoms with Crippen LogP contribution in [0, 0.1) is 15.5 Å². The lowest BCUT2D eigenvalue weighted by atomic mass is 9.95. The largest absolute Gasteiger partial charge is 0.484 e. The Labute approximate surface area is 97.2 Å². The maximum absolute atomic E-state index is 10.8. The maximum Gasteiger partial charge on any atom is 0.406 e. The van der Waals surface area contributed by atoms with Crippen LogP contribution in [0.4, 0.5) is 5.82 Å². The fourth-order valence-corrected chi connectivity index (χ4v) is 0.952. The third-order valence-electron chi connectivity index (χ3n) is 2.09. The molecule has 0 aromatic carbocycles. The molecule has 0 aliphatic carbocycles. The second-order valence-electron chi connectivity index (χ2n) is 4.06. The minimum atomic E-state index is -1.12. The summed E-state index contributed by atoms with van der Waals surface area (Å²) in [4.78, 5) is 24.3. The highest BCUT2D eigenvalue weighted by Gasteiger charge is 2.29. The summed E-state index contributed by atoms with van der Waals surface area (Å²) < 4.78 is 5.14. The molecule has 0 aliphatic rings. The normalized spacial score (nSPS) is 10.9. The number of hydrogen-bond donors (Lipinski definition) is 1. The Morgan fingerprint density at radius 1 is 1.65 bits per heavy atom. The van der Waals surface area contributed by atoms with E-state index in [4.69, 9.17) is 9.84 Å². The van der Waals surface area contributed by atoms with Crippen molar-refractivity contribution < 1.29 is 19.6 Å². The van der Waals surface area contributed by atoms with Crippen LogP contribution in [0.2, 0.25) is 0 Å². The van der Waals surface area contributed by atoms with Crippen molar-refractivity contribution in [2.45, 2.75) is 13.8 Å². The first kappa shape index (κ1) is 12.9. The third-order valence-corrected chi connectivity index (χ3v) is 2.09. The van der Waals surface area contributed by atoms with Gasteiger partial charge in [-0.15, -0.1) is 0 Å². The molecule has 7 heteroatoms. The van der Waals surface area contributed by atoms with Crippen LogP contribution in [0.15, 0.2) is 18.3 Å². The number of pyridine rings is 1. The lowest BCUT2D eigenvalue weighted by Crippen LogP contribution is -2.30. The quantitative estimate of drug-likeness (QED) is 0.617. The lowest BCUT2D eigenvalue weighted by molar-refractivity contribution is -0.390.